The standard InChI is InChI=1S/C13H21N3O2S/c1-6-9-15-10(14-5)7-11(16-9)19-8-12(17)18-13(2,3)4/h7H,6,8H2,1-5H3,(H,14,15,16). The van der Waals surface area contributed by atoms with Gasteiger partial charge in [-0.2, -0.15) is 0 Å². The maximum atomic E-state index is 11.6. The molecule has 6 heteroatoms. The lowest BCUT2D eigenvalue weighted by atomic mass is 10.2. The fourth-order valence-electron chi connectivity index (χ4n) is 1.34. The molecular weight excluding hydrogens is 262 g/mol. The maximum absolute atomic E-state index is 11.6. The third kappa shape index (κ3) is 5.92. The Morgan fingerprint density at radius 2 is 2.11 bits per heavy atom. The zero-order valence-electron chi connectivity index (χ0n) is 12.1. The first kappa shape index (κ1) is 15.8. The predicted molar refractivity (Wildman–Crippen MR) is 77.5 cm³/mol. The lowest BCUT2D eigenvalue weighted by Gasteiger charge is -2.19. The molecule has 0 atom stereocenters. The number of anilines is 1. The van der Waals surface area contributed by atoms with E-state index in [1.807, 2.05) is 40.8 Å². The topological polar surface area (TPSA) is 64.1 Å². The second-order valence-corrected chi connectivity index (χ2v) is 5.98. The molecule has 0 radical (unpaired) electrons. The zero-order chi connectivity index (χ0) is 14.5. The van der Waals surface area contributed by atoms with Gasteiger partial charge in [0.2, 0.25) is 0 Å². The number of ether oxygens (including phenoxy) is 1. The summed E-state index contributed by atoms with van der Waals surface area (Å²) in [5.41, 5.74) is -0.450. The minimum atomic E-state index is -0.450. The van der Waals surface area contributed by atoms with Crippen molar-refractivity contribution in [2.75, 3.05) is 18.1 Å². The Labute approximate surface area is 118 Å². The third-order valence-electron chi connectivity index (χ3n) is 2.08. The Bertz CT molecular complexity index is 422. The van der Waals surface area contributed by atoms with E-state index in [9.17, 15) is 4.79 Å². The number of hydrogen-bond acceptors (Lipinski definition) is 6. The molecular formula is C13H21N3O2S. The number of carbonyl (C=O) groups excluding carboxylic acids is 1. The van der Waals surface area contributed by atoms with Gasteiger partial charge in [0.05, 0.1) is 5.75 Å². The molecule has 0 fully saturated rings. The molecule has 1 rings (SSSR count). The smallest absolute Gasteiger partial charge is 0.316 e. The molecule has 0 saturated heterocycles. The number of aryl methyl sites for hydroxylation is 1. The van der Waals surface area contributed by atoms with Gasteiger partial charge in [-0.25, -0.2) is 9.97 Å². The largest absolute Gasteiger partial charge is 0.459 e. The predicted octanol–water partition coefficient (Wildman–Crippen LogP) is 2.51. The molecule has 5 nitrogen and oxygen atoms in total. The number of esters is 1. The van der Waals surface area contributed by atoms with Crippen LogP contribution in [0, 0.1) is 0 Å². The Morgan fingerprint density at radius 1 is 1.42 bits per heavy atom. The molecule has 0 spiro atoms. The van der Waals surface area contributed by atoms with E-state index in [4.69, 9.17) is 4.74 Å². The summed E-state index contributed by atoms with van der Waals surface area (Å²) in [5.74, 6) is 1.54. The molecule has 106 valence electrons. The first-order valence-corrected chi connectivity index (χ1v) is 7.23. The Morgan fingerprint density at radius 3 is 2.63 bits per heavy atom. The van der Waals surface area contributed by atoms with Crippen molar-refractivity contribution >= 4 is 23.5 Å². The van der Waals surface area contributed by atoms with Crippen molar-refractivity contribution in [1.29, 1.82) is 0 Å². The van der Waals surface area contributed by atoms with E-state index < -0.39 is 5.60 Å². The molecule has 0 unspecified atom stereocenters. The summed E-state index contributed by atoms with van der Waals surface area (Å²) in [5, 5.41) is 3.77. The summed E-state index contributed by atoms with van der Waals surface area (Å²) in [6.07, 6.45) is 0.759. The molecule has 0 amide bonds. The van der Waals surface area contributed by atoms with E-state index in [-0.39, 0.29) is 11.7 Å². The summed E-state index contributed by atoms with van der Waals surface area (Å²) >= 11 is 1.36. The van der Waals surface area contributed by atoms with Crippen LogP contribution < -0.4 is 5.32 Å². The second kappa shape index (κ2) is 6.75. The highest BCUT2D eigenvalue weighted by molar-refractivity contribution is 7.99. The first-order chi connectivity index (χ1) is 8.84. The van der Waals surface area contributed by atoms with Gasteiger partial charge in [0.1, 0.15) is 22.3 Å². The van der Waals surface area contributed by atoms with E-state index in [2.05, 4.69) is 15.3 Å². The second-order valence-electron chi connectivity index (χ2n) is 4.99. The summed E-state index contributed by atoms with van der Waals surface area (Å²) in [6.45, 7) is 7.56. The van der Waals surface area contributed by atoms with Crippen LogP contribution >= 0.6 is 11.8 Å². The molecule has 0 aliphatic carbocycles. The minimum absolute atomic E-state index is 0.236. The van der Waals surface area contributed by atoms with E-state index in [1.54, 1.807) is 0 Å². The average molecular weight is 283 g/mol. The highest BCUT2D eigenvalue weighted by atomic mass is 32.2. The van der Waals surface area contributed by atoms with Crippen molar-refractivity contribution in [3.8, 4) is 0 Å². The van der Waals surface area contributed by atoms with E-state index >= 15 is 0 Å². The SMILES string of the molecule is CCc1nc(NC)cc(SCC(=O)OC(C)(C)C)n1. The molecule has 0 aromatic carbocycles. The summed E-state index contributed by atoms with van der Waals surface area (Å²) < 4.78 is 5.25. The van der Waals surface area contributed by atoms with Crippen molar-refractivity contribution in [3.63, 3.8) is 0 Å². The number of thioether (sulfide) groups is 1. The molecule has 0 bridgehead atoms. The van der Waals surface area contributed by atoms with Crippen LogP contribution in [0.4, 0.5) is 5.82 Å². The monoisotopic (exact) mass is 283 g/mol. The summed E-state index contributed by atoms with van der Waals surface area (Å²) in [7, 11) is 1.81. The van der Waals surface area contributed by atoms with Crippen molar-refractivity contribution in [3.05, 3.63) is 11.9 Å². The van der Waals surface area contributed by atoms with Gasteiger partial charge in [-0.05, 0) is 20.8 Å². The molecule has 0 aliphatic heterocycles. The fourth-order valence-corrected chi connectivity index (χ4v) is 2.03. The Balaban J connectivity index is 2.64. The van der Waals surface area contributed by atoms with Crippen molar-refractivity contribution in [2.45, 2.75) is 44.7 Å². The summed E-state index contributed by atoms with van der Waals surface area (Å²) in [4.78, 5) is 20.3. The van der Waals surface area contributed by atoms with Gasteiger partial charge < -0.3 is 10.1 Å². The van der Waals surface area contributed by atoms with E-state index in [1.165, 1.54) is 11.8 Å². The highest BCUT2D eigenvalue weighted by Crippen LogP contribution is 2.20. The van der Waals surface area contributed by atoms with Crippen molar-refractivity contribution in [1.82, 2.24) is 9.97 Å². The van der Waals surface area contributed by atoms with Gasteiger partial charge in [0.25, 0.3) is 0 Å². The van der Waals surface area contributed by atoms with Gasteiger partial charge in [-0.15, -0.1) is 0 Å². The fraction of sp³-hybridized carbons (Fsp3) is 0.615. The average Bonchev–Trinajstić information content (AvgIpc) is 2.33. The number of nitrogens with zero attached hydrogens (tertiary/aromatic N) is 2. The zero-order valence-corrected chi connectivity index (χ0v) is 12.9. The molecule has 0 saturated carbocycles. The van der Waals surface area contributed by atoms with Gasteiger partial charge >= 0.3 is 5.97 Å². The van der Waals surface area contributed by atoms with Crippen LogP contribution in [0.25, 0.3) is 0 Å². The maximum Gasteiger partial charge on any atom is 0.316 e. The van der Waals surface area contributed by atoms with Gasteiger partial charge in [-0.1, -0.05) is 18.7 Å². The number of nitrogens with one attached hydrogen (secondary N) is 1. The molecule has 1 aromatic rings. The minimum Gasteiger partial charge on any atom is -0.459 e. The Hall–Kier alpha value is -1.30. The number of aromatic nitrogens is 2. The van der Waals surface area contributed by atoms with Crippen LogP contribution in [0.5, 0.6) is 0 Å². The van der Waals surface area contributed by atoms with Gasteiger partial charge in [-0.3, -0.25) is 4.79 Å². The van der Waals surface area contributed by atoms with Crippen LogP contribution in [-0.2, 0) is 16.0 Å². The third-order valence-corrected chi connectivity index (χ3v) is 2.96. The van der Waals surface area contributed by atoms with Crippen molar-refractivity contribution < 1.29 is 9.53 Å². The van der Waals surface area contributed by atoms with Crippen LogP contribution in [0.15, 0.2) is 11.1 Å². The molecule has 1 heterocycles. The lowest BCUT2D eigenvalue weighted by molar-refractivity contribution is -0.151. The number of hydrogen-bond donors (Lipinski definition) is 1. The van der Waals surface area contributed by atoms with Gasteiger partial charge in [0, 0.05) is 19.5 Å². The molecule has 0 aliphatic rings. The van der Waals surface area contributed by atoms with E-state index in [0.29, 0.717) is 0 Å². The quantitative estimate of drug-likeness (QED) is 0.509. The van der Waals surface area contributed by atoms with Crippen LogP contribution in [-0.4, -0.2) is 34.3 Å². The van der Waals surface area contributed by atoms with Crippen molar-refractivity contribution in [2.24, 2.45) is 0 Å². The lowest BCUT2D eigenvalue weighted by Crippen LogP contribution is -2.24. The highest BCUT2D eigenvalue weighted by Gasteiger charge is 2.16. The number of rotatable bonds is 5. The Kier molecular flexibility index (Phi) is 5.60. The normalized spacial score (nSPS) is 11.2. The van der Waals surface area contributed by atoms with Crippen LogP contribution in [0.2, 0.25) is 0 Å². The number of carbonyl (C=O) groups is 1. The summed E-state index contributed by atoms with van der Waals surface area (Å²) in [6, 6.07) is 1.83. The van der Waals surface area contributed by atoms with Crippen LogP contribution in [0.1, 0.15) is 33.5 Å². The molecule has 1 aromatic heterocycles. The van der Waals surface area contributed by atoms with Gasteiger partial charge in [0.15, 0.2) is 0 Å². The van der Waals surface area contributed by atoms with Crippen LogP contribution in [0.3, 0.4) is 0 Å². The van der Waals surface area contributed by atoms with E-state index in [0.717, 1.165) is 23.1 Å². The molecule has 1 N–H and O–H groups in total. The molecule has 19 heavy (non-hydrogen) atoms. The first-order valence-electron chi connectivity index (χ1n) is 6.24.